The molecule has 0 aliphatic heterocycles. The molecule has 0 unspecified atom stereocenters. The van der Waals surface area contributed by atoms with Gasteiger partial charge in [-0.1, -0.05) is 26.7 Å². The first-order chi connectivity index (χ1) is 9.19. The Morgan fingerprint density at radius 1 is 1.47 bits per heavy atom. The Kier molecular flexibility index (Phi) is 5.19. The maximum Gasteiger partial charge on any atom is 0.191 e. The van der Waals surface area contributed by atoms with Crippen LogP contribution in [-0.4, -0.2) is 24.0 Å². The van der Waals surface area contributed by atoms with Crippen molar-refractivity contribution in [2.24, 2.45) is 4.99 Å². The highest BCUT2D eigenvalue weighted by Gasteiger charge is 2.16. The fraction of sp³-hybridized carbons (Fsp3) is 0.714. The minimum absolute atomic E-state index is 0.509. The molecule has 0 bridgehead atoms. The molecule has 1 aromatic heterocycles. The van der Waals surface area contributed by atoms with E-state index in [1.165, 1.54) is 30.7 Å². The lowest BCUT2D eigenvalue weighted by Gasteiger charge is -2.16. The fourth-order valence-electron chi connectivity index (χ4n) is 2.30. The van der Waals surface area contributed by atoms with E-state index in [0.29, 0.717) is 12.0 Å². The summed E-state index contributed by atoms with van der Waals surface area (Å²) in [7, 11) is 1.82. The predicted molar refractivity (Wildman–Crippen MR) is 81.8 cm³/mol. The van der Waals surface area contributed by atoms with Crippen molar-refractivity contribution in [3.8, 4) is 0 Å². The number of nitrogens with zero attached hydrogens (tertiary/aromatic N) is 2. The molecule has 0 saturated heterocycles. The van der Waals surface area contributed by atoms with Crippen molar-refractivity contribution in [2.75, 3.05) is 7.05 Å². The number of rotatable bonds is 4. The standard InChI is InChI=1S/C14H24N4S/c1-10(2)13-17-12(9-19-13)8-16-14(15-3)18-11-6-4-5-7-11/h9-11H,4-8H2,1-3H3,(H2,15,16,18). The third kappa shape index (κ3) is 4.20. The van der Waals surface area contributed by atoms with Gasteiger partial charge in [-0.25, -0.2) is 4.98 Å². The van der Waals surface area contributed by atoms with E-state index in [-0.39, 0.29) is 0 Å². The maximum atomic E-state index is 4.62. The highest BCUT2D eigenvalue weighted by atomic mass is 32.1. The van der Waals surface area contributed by atoms with Crippen molar-refractivity contribution >= 4 is 17.3 Å². The first-order valence-corrected chi connectivity index (χ1v) is 7.98. The van der Waals surface area contributed by atoms with Gasteiger partial charge in [0.15, 0.2) is 5.96 Å². The second-order valence-corrected chi connectivity index (χ2v) is 6.27. The molecule has 1 heterocycles. The Morgan fingerprint density at radius 2 is 2.21 bits per heavy atom. The summed E-state index contributed by atoms with van der Waals surface area (Å²) in [6.07, 6.45) is 5.18. The molecule has 0 spiro atoms. The lowest BCUT2D eigenvalue weighted by Crippen LogP contribution is -2.41. The van der Waals surface area contributed by atoms with Gasteiger partial charge >= 0.3 is 0 Å². The molecule has 1 saturated carbocycles. The third-order valence-corrected chi connectivity index (χ3v) is 4.61. The zero-order valence-electron chi connectivity index (χ0n) is 12.1. The van der Waals surface area contributed by atoms with Crippen LogP contribution in [0.2, 0.25) is 0 Å². The van der Waals surface area contributed by atoms with Gasteiger partial charge in [0.2, 0.25) is 0 Å². The highest BCUT2D eigenvalue weighted by molar-refractivity contribution is 7.09. The molecule has 5 heteroatoms. The smallest absolute Gasteiger partial charge is 0.191 e. The van der Waals surface area contributed by atoms with E-state index in [1.807, 2.05) is 7.05 Å². The Morgan fingerprint density at radius 3 is 2.79 bits per heavy atom. The molecule has 2 N–H and O–H groups in total. The normalized spacial score (nSPS) is 17.2. The molecule has 4 nitrogen and oxygen atoms in total. The molecule has 1 aromatic rings. The number of hydrogen-bond acceptors (Lipinski definition) is 3. The largest absolute Gasteiger partial charge is 0.354 e. The fourth-order valence-corrected chi connectivity index (χ4v) is 3.14. The summed E-state index contributed by atoms with van der Waals surface area (Å²) in [5, 5.41) is 10.2. The molecule has 1 aliphatic rings. The van der Waals surface area contributed by atoms with Crippen molar-refractivity contribution < 1.29 is 0 Å². The van der Waals surface area contributed by atoms with E-state index >= 15 is 0 Å². The van der Waals surface area contributed by atoms with Crippen molar-refractivity contribution in [3.05, 3.63) is 16.1 Å². The van der Waals surface area contributed by atoms with Gasteiger partial charge in [0, 0.05) is 24.4 Å². The lowest BCUT2D eigenvalue weighted by atomic mass is 10.2. The number of thiazole rings is 1. The van der Waals surface area contributed by atoms with Gasteiger partial charge in [-0.3, -0.25) is 4.99 Å². The maximum absolute atomic E-state index is 4.62. The molecular formula is C14H24N4S. The van der Waals surface area contributed by atoms with Crippen LogP contribution in [0.25, 0.3) is 0 Å². The first-order valence-electron chi connectivity index (χ1n) is 7.10. The van der Waals surface area contributed by atoms with Gasteiger partial charge in [0.1, 0.15) is 0 Å². The second-order valence-electron chi connectivity index (χ2n) is 5.38. The summed E-state index contributed by atoms with van der Waals surface area (Å²) in [6, 6.07) is 0.591. The molecule has 1 fully saturated rings. The Balaban J connectivity index is 1.81. The highest BCUT2D eigenvalue weighted by Crippen LogP contribution is 2.19. The molecule has 2 rings (SSSR count). The summed E-state index contributed by atoms with van der Waals surface area (Å²) in [4.78, 5) is 8.90. The van der Waals surface area contributed by atoms with E-state index in [2.05, 4.69) is 39.8 Å². The van der Waals surface area contributed by atoms with Crippen LogP contribution in [0.1, 0.15) is 56.2 Å². The first kappa shape index (κ1) is 14.3. The summed E-state index contributed by atoms with van der Waals surface area (Å²) in [6.45, 7) is 5.10. The van der Waals surface area contributed by atoms with Gasteiger partial charge in [0.05, 0.1) is 17.2 Å². The Labute approximate surface area is 119 Å². The zero-order chi connectivity index (χ0) is 13.7. The second kappa shape index (κ2) is 6.89. The SMILES string of the molecule is CN=C(NCc1csc(C(C)C)n1)NC1CCCC1. The van der Waals surface area contributed by atoms with E-state index in [1.54, 1.807) is 11.3 Å². The molecule has 19 heavy (non-hydrogen) atoms. The average Bonchev–Trinajstić information content (AvgIpc) is 3.05. The molecule has 106 valence electrons. The van der Waals surface area contributed by atoms with Crippen LogP contribution in [0.15, 0.2) is 10.4 Å². The van der Waals surface area contributed by atoms with Gasteiger partial charge in [0.25, 0.3) is 0 Å². The molecule has 0 aromatic carbocycles. The van der Waals surface area contributed by atoms with Crippen LogP contribution in [0.4, 0.5) is 0 Å². The van der Waals surface area contributed by atoms with Gasteiger partial charge < -0.3 is 10.6 Å². The average molecular weight is 280 g/mol. The van der Waals surface area contributed by atoms with Crippen molar-refractivity contribution in [1.29, 1.82) is 0 Å². The van der Waals surface area contributed by atoms with Crippen molar-refractivity contribution in [3.63, 3.8) is 0 Å². The Hall–Kier alpha value is -1.10. The summed E-state index contributed by atoms with van der Waals surface area (Å²) < 4.78 is 0. The number of guanidine groups is 1. The zero-order valence-corrected chi connectivity index (χ0v) is 12.9. The minimum atomic E-state index is 0.509. The van der Waals surface area contributed by atoms with Gasteiger partial charge in [-0.05, 0) is 12.8 Å². The topological polar surface area (TPSA) is 49.3 Å². The number of aliphatic imine (C=N–C) groups is 1. The molecular weight excluding hydrogens is 256 g/mol. The minimum Gasteiger partial charge on any atom is -0.354 e. The molecule has 0 atom stereocenters. The number of nitrogens with one attached hydrogen (secondary N) is 2. The monoisotopic (exact) mass is 280 g/mol. The van der Waals surface area contributed by atoms with Crippen LogP contribution in [-0.2, 0) is 6.54 Å². The summed E-state index contributed by atoms with van der Waals surface area (Å²) >= 11 is 1.74. The molecule has 0 radical (unpaired) electrons. The van der Waals surface area contributed by atoms with Crippen molar-refractivity contribution in [2.45, 2.75) is 58.0 Å². The van der Waals surface area contributed by atoms with Crippen molar-refractivity contribution in [1.82, 2.24) is 15.6 Å². The van der Waals surface area contributed by atoms with Gasteiger partial charge in [-0.15, -0.1) is 11.3 Å². The van der Waals surface area contributed by atoms with Crippen LogP contribution in [0, 0.1) is 0 Å². The predicted octanol–water partition coefficient (Wildman–Crippen LogP) is 2.87. The summed E-state index contributed by atoms with van der Waals surface area (Å²) in [5.74, 6) is 1.40. The summed E-state index contributed by atoms with van der Waals surface area (Å²) in [5.41, 5.74) is 1.10. The van der Waals surface area contributed by atoms with Crippen LogP contribution in [0.3, 0.4) is 0 Å². The van der Waals surface area contributed by atoms with E-state index in [0.717, 1.165) is 18.2 Å². The van der Waals surface area contributed by atoms with E-state index in [4.69, 9.17) is 0 Å². The number of hydrogen-bond donors (Lipinski definition) is 2. The molecule has 1 aliphatic carbocycles. The van der Waals surface area contributed by atoms with Crippen LogP contribution in [0.5, 0.6) is 0 Å². The van der Waals surface area contributed by atoms with Crippen LogP contribution < -0.4 is 10.6 Å². The van der Waals surface area contributed by atoms with Gasteiger partial charge in [-0.2, -0.15) is 0 Å². The van der Waals surface area contributed by atoms with E-state index < -0.39 is 0 Å². The Bertz CT molecular complexity index is 419. The van der Waals surface area contributed by atoms with E-state index in [9.17, 15) is 0 Å². The number of aromatic nitrogens is 1. The lowest BCUT2D eigenvalue weighted by molar-refractivity contribution is 0.612. The van der Waals surface area contributed by atoms with Crippen LogP contribution >= 0.6 is 11.3 Å². The quantitative estimate of drug-likeness (QED) is 0.658. The molecule has 0 amide bonds. The third-order valence-electron chi connectivity index (χ3n) is 3.42.